The van der Waals surface area contributed by atoms with Crippen molar-refractivity contribution in [2.45, 2.75) is 12.3 Å². The molecule has 0 radical (unpaired) electrons. The fourth-order valence-electron chi connectivity index (χ4n) is 0.676. The molecule has 0 aliphatic carbocycles. The SMILES string of the molecule is [O-][N+]1=NC1COCC1N=[N+]1[O-]. The summed E-state index contributed by atoms with van der Waals surface area (Å²) in [4.78, 5) is 1.14. The number of nitrogens with zero attached hydrogens (tertiary/aromatic N) is 4. The van der Waals surface area contributed by atoms with Crippen LogP contribution in [0.3, 0.4) is 0 Å². The summed E-state index contributed by atoms with van der Waals surface area (Å²) in [6, 6.07) is 0. The second-order valence-corrected chi connectivity index (χ2v) is 2.33. The lowest BCUT2D eigenvalue weighted by Crippen LogP contribution is -2.12. The lowest BCUT2D eigenvalue weighted by Gasteiger charge is -1.92. The van der Waals surface area contributed by atoms with E-state index in [4.69, 9.17) is 4.74 Å². The molecule has 0 amide bonds. The van der Waals surface area contributed by atoms with Gasteiger partial charge in [-0.1, -0.05) is 9.72 Å². The van der Waals surface area contributed by atoms with Crippen molar-refractivity contribution in [3.8, 4) is 0 Å². The number of ether oxygens (including phenoxy) is 1. The molecular formula is C4H6N4O3. The zero-order chi connectivity index (χ0) is 7.84. The highest BCUT2D eigenvalue weighted by molar-refractivity contribution is 4.57. The van der Waals surface area contributed by atoms with Gasteiger partial charge in [0, 0.05) is 0 Å². The molecule has 2 rings (SSSR count). The molecule has 7 nitrogen and oxygen atoms in total. The van der Waals surface area contributed by atoms with Crippen LogP contribution in [-0.2, 0) is 4.74 Å². The summed E-state index contributed by atoms with van der Waals surface area (Å²) in [6.07, 6.45) is -0.706. The lowest BCUT2D eigenvalue weighted by atomic mass is 10.6. The Morgan fingerprint density at radius 3 is 1.73 bits per heavy atom. The summed E-state index contributed by atoms with van der Waals surface area (Å²) in [6.45, 7) is 0.507. The van der Waals surface area contributed by atoms with Crippen molar-refractivity contribution in [1.82, 2.24) is 0 Å². The van der Waals surface area contributed by atoms with E-state index in [0.29, 0.717) is 9.72 Å². The summed E-state index contributed by atoms with van der Waals surface area (Å²) < 4.78 is 4.95. The molecule has 0 aromatic rings. The number of hydrogen-bond acceptors (Lipinski definition) is 5. The van der Waals surface area contributed by atoms with Gasteiger partial charge < -0.3 is 15.2 Å². The second-order valence-electron chi connectivity index (χ2n) is 2.33. The maximum Gasteiger partial charge on any atom is 0.360 e. The van der Waals surface area contributed by atoms with E-state index in [2.05, 4.69) is 10.2 Å². The first-order chi connectivity index (χ1) is 5.27. The average molecular weight is 158 g/mol. The van der Waals surface area contributed by atoms with Gasteiger partial charge >= 0.3 is 12.3 Å². The summed E-state index contributed by atoms with van der Waals surface area (Å²) in [5, 5.41) is 27.3. The average Bonchev–Trinajstić information content (AvgIpc) is 2.79. The Morgan fingerprint density at radius 2 is 1.45 bits per heavy atom. The minimum absolute atomic E-state index is 0.253. The van der Waals surface area contributed by atoms with E-state index in [-0.39, 0.29) is 25.5 Å². The largest absolute Gasteiger partial charge is 0.598 e. The van der Waals surface area contributed by atoms with Crippen molar-refractivity contribution in [3.05, 3.63) is 10.4 Å². The first kappa shape index (κ1) is 6.47. The Morgan fingerprint density at radius 1 is 1.09 bits per heavy atom. The van der Waals surface area contributed by atoms with Gasteiger partial charge in [-0.2, -0.15) is 0 Å². The molecule has 11 heavy (non-hydrogen) atoms. The van der Waals surface area contributed by atoms with E-state index in [1.165, 1.54) is 0 Å². The van der Waals surface area contributed by atoms with E-state index < -0.39 is 0 Å². The van der Waals surface area contributed by atoms with Crippen LogP contribution in [0, 0.1) is 10.4 Å². The van der Waals surface area contributed by atoms with Gasteiger partial charge in [0.05, 0.1) is 10.2 Å². The molecule has 0 saturated carbocycles. The molecule has 2 heterocycles. The third kappa shape index (κ3) is 1.43. The van der Waals surface area contributed by atoms with Gasteiger partial charge in [-0.15, -0.1) is 0 Å². The van der Waals surface area contributed by atoms with Crippen LogP contribution in [0.1, 0.15) is 0 Å². The summed E-state index contributed by atoms with van der Waals surface area (Å²) in [5.41, 5.74) is 0. The van der Waals surface area contributed by atoms with Crippen molar-refractivity contribution in [2.24, 2.45) is 10.2 Å². The van der Waals surface area contributed by atoms with Gasteiger partial charge in [-0.25, -0.2) is 0 Å². The van der Waals surface area contributed by atoms with E-state index in [0.717, 1.165) is 0 Å². The third-order valence-corrected chi connectivity index (χ3v) is 1.43. The Bertz CT molecular complexity index is 213. The molecule has 2 unspecified atom stereocenters. The van der Waals surface area contributed by atoms with Gasteiger partial charge in [0.1, 0.15) is 13.2 Å². The van der Waals surface area contributed by atoms with E-state index in [1.807, 2.05) is 0 Å². The fraction of sp³-hybridized carbons (Fsp3) is 1.00. The molecule has 0 aromatic heterocycles. The lowest BCUT2D eigenvalue weighted by molar-refractivity contribution is -0.427. The zero-order valence-electron chi connectivity index (χ0n) is 5.58. The van der Waals surface area contributed by atoms with Gasteiger partial charge in [-0.05, 0) is 0 Å². The monoisotopic (exact) mass is 158 g/mol. The summed E-state index contributed by atoms with van der Waals surface area (Å²) in [7, 11) is 0. The predicted molar refractivity (Wildman–Crippen MR) is 30.5 cm³/mol. The minimum atomic E-state index is -0.353. The molecular weight excluding hydrogens is 152 g/mol. The molecule has 0 saturated heterocycles. The van der Waals surface area contributed by atoms with Crippen molar-refractivity contribution >= 4 is 0 Å². The van der Waals surface area contributed by atoms with Crippen LogP contribution in [-0.4, -0.2) is 35.3 Å². The smallest absolute Gasteiger partial charge is 0.360 e. The van der Waals surface area contributed by atoms with E-state index in [9.17, 15) is 10.4 Å². The van der Waals surface area contributed by atoms with Crippen molar-refractivity contribution < 1.29 is 14.5 Å². The van der Waals surface area contributed by atoms with Crippen LogP contribution in [0.25, 0.3) is 0 Å². The normalized spacial score (nSPS) is 32.7. The summed E-state index contributed by atoms with van der Waals surface area (Å²) >= 11 is 0. The fourth-order valence-corrected chi connectivity index (χ4v) is 0.676. The van der Waals surface area contributed by atoms with Gasteiger partial charge in [0.2, 0.25) is 0 Å². The molecule has 60 valence electrons. The molecule has 2 aliphatic rings. The highest BCUT2D eigenvalue weighted by Gasteiger charge is 2.38. The molecule has 0 N–H and O–H groups in total. The molecule has 2 atom stereocenters. The molecule has 2 aliphatic heterocycles. The van der Waals surface area contributed by atoms with Crippen LogP contribution >= 0.6 is 0 Å². The maximum atomic E-state index is 10.2. The topological polar surface area (TPSA) is 86.1 Å². The van der Waals surface area contributed by atoms with Crippen molar-refractivity contribution in [2.75, 3.05) is 13.2 Å². The molecule has 0 aromatic carbocycles. The molecule has 0 bridgehead atoms. The highest BCUT2D eigenvalue weighted by Crippen LogP contribution is 2.12. The van der Waals surface area contributed by atoms with Gasteiger partial charge in [0.15, 0.2) is 0 Å². The van der Waals surface area contributed by atoms with Crippen LogP contribution < -0.4 is 0 Å². The Labute approximate surface area is 61.7 Å². The maximum absolute atomic E-state index is 10.2. The number of hydrogen-bond donors (Lipinski definition) is 0. The standard InChI is InChI=1S/C4H6N4O3/c9-7-3(5-7)1-11-2-4-6-8(4)10/h3-4H,1-2H2. The molecule has 7 heteroatoms. The van der Waals surface area contributed by atoms with E-state index >= 15 is 0 Å². The van der Waals surface area contributed by atoms with Crippen molar-refractivity contribution in [3.63, 3.8) is 0 Å². The number of rotatable bonds is 4. The third-order valence-electron chi connectivity index (χ3n) is 1.43. The minimum Gasteiger partial charge on any atom is -0.598 e. The highest BCUT2D eigenvalue weighted by atomic mass is 16.6. The van der Waals surface area contributed by atoms with Crippen LogP contribution in [0.5, 0.6) is 0 Å². The molecule has 0 fully saturated rings. The van der Waals surface area contributed by atoms with Gasteiger partial charge in [-0.3, -0.25) is 0 Å². The first-order valence-corrected chi connectivity index (χ1v) is 3.19. The van der Waals surface area contributed by atoms with Crippen LogP contribution in [0.15, 0.2) is 10.2 Å². The zero-order valence-corrected chi connectivity index (χ0v) is 5.58. The Hall–Kier alpha value is -1.24. The Kier molecular flexibility index (Phi) is 1.25. The van der Waals surface area contributed by atoms with E-state index in [1.54, 1.807) is 0 Å². The van der Waals surface area contributed by atoms with Crippen molar-refractivity contribution in [1.29, 1.82) is 0 Å². The summed E-state index contributed by atoms with van der Waals surface area (Å²) in [5.74, 6) is 0. The van der Waals surface area contributed by atoms with Crippen LogP contribution in [0.2, 0.25) is 0 Å². The number of hydroxylamine groups is 2. The second kappa shape index (κ2) is 2.12. The van der Waals surface area contributed by atoms with Crippen LogP contribution in [0.4, 0.5) is 0 Å². The Balaban J connectivity index is 1.50. The predicted octanol–water partition coefficient (Wildman–Crippen LogP) is -0.393. The van der Waals surface area contributed by atoms with Gasteiger partial charge in [0.25, 0.3) is 0 Å². The quantitative estimate of drug-likeness (QED) is 0.412. The molecule has 0 spiro atoms. The first-order valence-electron chi connectivity index (χ1n) is 3.19.